The first-order chi connectivity index (χ1) is 4.48. The topological polar surface area (TPSA) is 0 Å². The van der Waals surface area contributed by atoms with Crippen molar-refractivity contribution in [2.75, 3.05) is 0 Å². The van der Waals surface area contributed by atoms with Crippen molar-refractivity contribution in [1.29, 1.82) is 0 Å². The molecule has 0 aromatic rings. The molecule has 0 saturated carbocycles. The summed E-state index contributed by atoms with van der Waals surface area (Å²) in [5.41, 5.74) is 0. The van der Waals surface area contributed by atoms with E-state index >= 15 is 0 Å². The number of rotatable bonds is 3. The molecule has 0 nitrogen and oxygen atoms in total. The molecule has 0 saturated heterocycles. The van der Waals surface area contributed by atoms with Gasteiger partial charge in [-0.15, -0.1) is 23.2 Å². The maximum absolute atomic E-state index is 6.00. The Kier molecular flexibility index (Phi) is 4.47. The molecule has 0 aromatic carbocycles. The Bertz CT molecular complexity index is 119. The van der Waals surface area contributed by atoms with Crippen LogP contribution in [-0.2, 0) is 0 Å². The predicted molar refractivity (Wildman–Crippen MR) is 50.1 cm³/mol. The first-order valence-electron chi connectivity index (χ1n) is 3.31. The van der Waals surface area contributed by atoms with Crippen molar-refractivity contribution < 1.29 is 0 Å². The molecule has 0 amide bonds. The summed E-state index contributed by atoms with van der Waals surface area (Å²) >= 11 is 11.7. The quantitative estimate of drug-likeness (QED) is 0.354. The van der Waals surface area contributed by atoms with Gasteiger partial charge in [-0.3, -0.25) is 0 Å². The molecule has 0 bridgehead atoms. The van der Waals surface area contributed by atoms with Crippen LogP contribution in [0.1, 0.15) is 20.8 Å². The van der Waals surface area contributed by atoms with Crippen LogP contribution in [0.15, 0.2) is 12.2 Å². The maximum atomic E-state index is 6.00. The summed E-state index contributed by atoms with van der Waals surface area (Å²) in [5.74, 6) is 0. The van der Waals surface area contributed by atoms with Crippen molar-refractivity contribution in [2.45, 2.75) is 30.8 Å². The number of hydrogen-bond donors (Lipinski definition) is 0. The molecule has 0 heterocycles. The number of halogens is 2. The van der Waals surface area contributed by atoms with Crippen LogP contribution in [0.25, 0.3) is 0 Å². The Morgan fingerprint density at radius 3 is 2.40 bits per heavy atom. The van der Waals surface area contributed by atoms with Gasteiger partial charge in [0.2, 0.25) is 0 Å². The fourth-order valence-corrected chi connectivity index (χ4v) is 1.47. The normalized spacial score (nSPS) is 20.5. The smallest absolute Gasteiger partial charge is 0.133 e. The van der Waals surface area contributed by atoms with Crippen LogP contribution < -0.4 is 0 Å². The lowest BCUT2D eigenvalue weighted by atomic mass is 9.62. The Hall–Kier alpha value is 0.385. The van der Waals surface area contributed by atoms with Gasteiger partial charge in [0.05, 0.1) is 0 Å². The Balaban J connectivity index is 3.86. The van der Waals surface area contributed by atoms with Gasteiger partial charge >= 0.3 is 0 Å². The highest BCUT2D eigenvalue weighted by Gasteiger charge is 2.20. The van der Waals surface area contributed by atoms with Gasteiger partial charge in [0.25, 0.3) is 0 Å². The van der Waals surface area contributed by atoms with E-state index in [1.54, 1.807) is 0 Å². The Labute approximate surface area is 73.8 Å². The molecule has 0 rings (SSSR count). The lowest BCUT2D eigenvalue weighted by molar-refractivity contribution is 1.07. The SMILES string of the molecule is CC=CC(C)(Cl)[B]C(C)Cl. The summed E-state index contributed by atoms with van der Waals surface area (Å²) in [6.45, 7) is 5.74. The molecule has 0 spiro atoms. The molecule has 0 N–H and O–H groups in total. The van der Waals surface area contributed by atoms with Crippen molar-refractivity contribution in [3.63, 3.8) is 0 Å². The van der Waals surface area contributed by atoms with Gasteiger partial charge in [-0.05, 0) is 6.92 Å². The molecule has 3 heteroatoms. The molecule has 2 atom stereocenters. The fraction of sp³-hybridized carbons (Fsp3) is 0.714. The van der Waals surface area contributed by atoms with Crippen molar-refractivity contribution in [2.24, 2.45) is 0 Å². The van der Waals surface area contributed by atoms with Gasteiger partial charge in [0.1, 0.15) is 0 Å². The molecular formula is C7H12BCl2. The van der Waals surface area contributed by atoms with E-state index in [0.29, 0.717) is 0 Å². The summed E-state index contributed by atoms with van der Waals surface area (Å²) < 4.78 is -0.393. The van der Waals surface area contributed by atoms with Gasteiger partial charge in [0.15, 0.2) is 7.28 Å². The van der Waals surface area contributed by atoms with Gasteiger partial charge in [-0.25, -0.2) is 0 Å². The zero-order valence-corrected chi connectivity index (χ0v) is 8.08. The van der Waals surface area contributed by atoms with Crippen molar-refractivity contribution >= 4 is 30.5 Å². The fourth-order valence-electron chi connectivity index (χ4n) is 0.831. The molecule has 10 heavy (non-hydrogen) atoms. The van der Waals surface area contributed by atoms with E-state index in [4.69, 9.17) is 23.2 Å². The van der Waals surface area contributed by atoms with Crippen LogP contribution in [0.2, 0.25) is 0 Å². The summed E-state index contributed by atoms with van der Waals surface area (Å²) in [4.78, 5) is 0. The van der Waals surface area contributed by atoms with Crippen LogP contribution in [0.5, 0.6) is 0 Å². The third-order valence-electron chi connectivity index (χ3n) is 1.05. The molecule has 57 valence electrons. The van der Waals surface area contributed by atoms with E-state index in [-0.39, 0.29) is 5.28 Å². The molecular weight excluding hydrogens is 166 g/mol. The Morgan fingerprint density at radius 2 is 2.10 bits per heavy atom. The summed E-state index contributed by atoms with van der Waals surface area (Å²) in [7, 11) is 1.89. The maximum Gasteiger partial charge on any atom is 0.166 e. The average molecular weight is 178 g/mol. The first kappa shape index (κ1) is 10.4. The highest BCUT2D eigenvalue weighted by atomic mass is 35.5. The van der Waals surface area contributed by atoms with E-state index in [2.05, 4.69) is 0 Å². The highest BCUT2D eigenvalue weighted by Crippen LogP contribution is 2.16. The van der Waals surface area contributed by atoms with Gasteiger partial charge < -0.3 is 0 Å². The van der Waals surface area contributed by atoms with Crippen molar-refractivity contribution in [1.82, 2.24) is 0 Å². The average Bonchev–Trinajstić information content (AvgIpc) is 1.59. The second-order valence-electron chi connectivity index (χ2n) is 2.50. The summed E-state index contributed by atoms with van der Waals surface area (Å²) in [6, 6.07) is 0. The lowest BCUT2D eigenvalue weighted by Crippen LogP contribution is -2.28. The molecule has 1 radical (unpaired) electrons. The van der Waals surface area contributed by atoms with E-state index in [9.17, 15) is 0 Å². The van der Waals surface area contributed by atoms with E-state index < -0.39 is 4.77 Å². The van der Waals surface area contributed by atoms with Gasteiger partial charge in [0, 0.05) is 10.0 Å². The van der Waals surface area contributed by atoms with Crippen LogP contribution >= 0.6 is 23.2 Å². The number of alkyl halides is 2. The van der Waals surface area contributed by atoms with Gasteiger partial charge in [-0.2, -0.15) is 0 Å². The summed E-state index contributed by atoms with van der Waals surface area (Å²) in [5, 5.41) is 0.0127. The molecule has 0 aliphatic carbocycles. The van der Waals surface area contributed by atoms with Crippen LogP contribution in [0, 0.1) is 0 Å². The molecule has 2 unspecified atom stereocenters. The van der Waals surface area contributed by atoms with E-state index in [1.807, 2.05) is 40.2 Å². The minimum Gasteiger partial charge on any atom is -0.133 e. The third kappa shape index (κ3) is 5.19. The van der Waals surface area contributed by atoms with Crippen molar-refractivity contribution in [3.8, 4) is 0 Å². The van der Waals surface area contributed by atoms with Crippen molar-refractivity contribution in [3.05, 3.63) is 12.2 Å². The van der Waals surface area contributed by atoms with E-state index in [0.717, 1.165) is 0 Å². The Morgan fingerprint density at radius 1 is 1.60 bits per heavy atom. The monoisotopic (exact) mass is 177 g/mol. The highest BCUT2D eigenvalue weighted by molar-refractivity contribution is 6.65. The standard InChI is InChI=1S/C7H12BCl2/c1-4-5-7(3,10)8-6(2)9/h4-6H,1-3H3. The summed E-state index contributed by atoms with van der Waals surface area (Å²) in [6.07, 6.45) is 3.83. The lowest BCUT2D eigenvalue weighted by Gasteiger charge is -2.16. The zero-order valence-electron chi connectivity index (χ0n) is 6.57. The molecule has 0 aliphatic rings. The number of allylic oxidation sites excluding steroid dienone is 2. The zero-order chi connectivity index (χ0) is 8.20. The van der Waals surface area contributed by atoms with E-state index in [1.165, 1.54) is 0 Å². The minimum absolute atomic E-state index is 0.0127. The predicted octanol–water partition coefficient (Wildman–Crippen LogP) is 2.81. The molecule has 0 fully saturated rings. The van der Waals surface area contributed by atoms with Crippen LogP contribution in [0.4, 0.5) is 0 Å². The molecule has 0 aromatic heterocycles. The largest absolute Gasteiger partial charge is 0.166 e. The third-order valence-corrected chi connectivity index (χ3v) is 1.43. The van der Waals surface area contributed by atoms with Gasteiger partial charge in [-0.1, -0.05) is 26.0 Å². The minimum atomic E-state index is -0.393. The molecule has 0 aliphatic heterocycles. The second-order valence-corrected chi connectivity index (χ2v) is 4.00. The second kappa shape index (κ2) is 4.30. The first-order valence-corrected chi connectivity index (χ1v) is 4.12. The van der Waals surface area contributed by atoms with Crippen LogP contribution in [0.3, 0.4) is 0 Å². The van der Waals surface area contributed by atoms with Crippen LogP contribution in [-0.4, -0.2) is 17.3 Å². The number of hydrogen-bond acceptors (Lipinski definition) is 0.